The summed E-state index contributed by atoms with van der Waals surface area (Å²) in [7, 11) is -3.75. The van der Waals surface area contributed by atoms with E-state index >= 15 is 0 Å². The number of carbonyl (C=O) groups is 3. The number of nitrogens with zero attached hydrogens (tertiary/aromatic N) is 1. The molecule has 0 aliphatic carbocycles. The van der Waals surface area contributed by atoms with Crippen LogP contribution in [-0.4, -0.2) is 48.5 Å². The van der Waals surface area contributed by atoms with Crippen LogP contribution in [0, 0.1) is 5.41 Å². The number of hydrogen-bond donors (Lipinski definition) is 1. The van der Waals surface area contributed by atoms with Gasteiger partial charge < -0.3 is 5.11 Å². The van der Waals surface area contributed by atoms with Crippen molar-refractivity contribution in [2.75, 3.05) is 13.1 Å². The van der Waals surface area contributed by atoms with Gasteiger partial charge in [0.25, 0.3) is 0 Å². The molecule has 2 aromatic rings. The van der Waals surface area contributed by atoms with Crippen LogP contribution in [0.3, 0.4) is 0 Å². The van der Waals surface area contributed by atoms with E-state index in [2.05, 4.69) is 15.9 Å². The first-order chi connectivity index (χ1) is 15.0. The van der Waals surface area contributed by atoms with Crippen molar-refractivity contribution in [2.45, 2.75) is 30.6 Å². The van der Waals surface area contributed by atoms with Gasteiger partial charge in [0, 0.05) is 28.0 Å². The molecule has 0 amide bonds. The molecule has 7 nitrogen and oxygen atoms in total. The van der Waals surface area contributed by atoms with Crippen LogP contribution < -0.4 is 0 Å². The zero-order valence-electron chi connectivity index (χ0n) is 17.0. The average molecular weight is 543 g/mol. The molecule has 0 radical (unpaired) electrons. The second-order valence-corrected chi connectivity index (χ2v) is 11.1. The van der Waals surface area contributed by atoms with Gasteiger partial charge in [0.1, 0.15) is 5.78 Å². The molecule has 1 heterocycles. The third kappa shape index (κ3) is 5.46. The maximum atomic E-state index is 13.1. The molecule has 10 heteroatoms. The van der Waals surface area contributed by atoms with Crippen LogP contribution in [0.15, 0.2) is 57.9 Å². The zero-order valence-corrected chi connectivity index (χ0v) is 20.1. The van der Waals surface area contributed by atoms with Crippen LogP contribution in [0.1, 0.15) is 24.8 Å². The molecule has 0 saturated carbocycles. The molecule has 32 heavy (non-hydrogen) atoms. The lowest BCUT2D eigenvalue weighted by atomic mass is 9.70. The molecule has 3 rings (SSSR count). The second kappa shape index (κ2) is 9.82. The largest absolute Gasteiger partial charge is 0.475 e. The lowest BCUT2D eigenvalue weighted by Gasteiger charge is -2.40. The Bertz CT molecular complexity index is 1120. The normalized spacial score (nSPS) is 16.4. The Labute approximate surface area is 199 Å². The Hall–Kier alpha value is -2.07. The maximum Gasteiger partial charge on any atom is 0.372 e. The van der Waals surface area contributed by atoms with Gasteiger partial charge >= 0.3 is 5.97 Å². The fraction of sp³-hybridized carbons (Fsp3) is 0.318. The first kappa shape index (κ1) is 24.6. The molecule has 0 unspecified atom stereocenters. The van der Waals surface area contributed by atoms with Crippen molar-refractivity contribution < 1.29 is 27.9 Å². The zero-order chi connectivity index (χ0) is 23.5. The second-order valence-electron chi connectivity index (χ2n) is 7.77. The van der Waals surface area contributed by atoms with Gasteiger partial charge in [-0.1, -0.05) is 39.7 Å². The number of rotatable bonds is 8. The van der Waals surface area contributed by atoms with Gasteiger partial charge in [-0.25, -0.2) is 13.2 Å². The van der Waals surface area contributed by atoms with Crippen molar-refractivity contribution in [3.8, 4) is 0 Å². The van der Waals surface area contributed by atoms with E-state index in [9.17, 15) is 22.8 Å². The monoisotopic (exact) mass is 541 g/mol. The number of benzene rings is 2. The summed E-state index contributed by atoms with van der Waals surface area (Å²) in [5.74, 6) is -3.31. The van der Waals surface area contributed by atoms with Crippen LogP contribution in [0.5, 0.6) is 0 Å². The van der Waals surface area contributed by atoms with Gasteiger partial charge in [-0.15, -0.1) is 0 Å². The van der Waals surface area contributed by atoms with Gasteiger partial charge in [-0.2, -0.15) is 4.31 Å². The van der Waals surface area contributed by atoms with Crippen molar-refractivity contribution >= 4 is 55.1 Å². The molecule has 0 aromatic heterocycles. The molecule has 0 atom stereocenters. The van der Waals surface area contributed by atoms with Gasteiger partial charge in [0.15, 0.2) is 0 Å². The number of halogens is 2. The Balaban J connectivity index is 1.84. The molecule has 0 spiro atoms. The Morgan fingerprint density at radius 3 is 2.09 bits per heavy atom. The van der Waals surface area contributed by atoms with Crippen LogP contribution >= 0.6 is 27.5 Å². The Morgan fingerprint density at radius 2 is 1.56 bits per heavy atom. The topological polar surface area (TPSA) is 109 Å². The van der Waals surface area contributed by atoms with E-state index in [0.717, 1.165) is 10.0 Å². The van der Waals surface area contributed by atoms with Gasteiger partial charge in [-0.3, -0.25) is 9.59 Å². The fourth-order valence-corrected chi connectivity index (χ4v) is 5.70. The summed E-state index contributed by atoms with van der Waals surface area (Å²) in [4.78, 5) is 35.9. The minimum absolute atomic E-state index is 0.0823. The van der Waals surface area contributed by atoms with E-state index in [1.54, 1.807) is 36.4 Å². The number of piperidine rings is 1. The molecule has 0 bridgehead atoms. The van der Waals surface area contributed by atoms with E-state index in [1.807, 2.05) is 0 Å². The number of carbonyl (C=O) groups excluding carboxylic acids is 2. The number of aliphatic carboxylic acids is 1. The molecule has 1 saturated heterocycles. The third-order valence-corrected chi connectivity index (χ3v) is 8.43. The van der Waals surface area contributed by atoms with Crippen LogP contribution in [0.4, 0.5) is 0 Å². The van der Waals surface area contributed by atoms with Crippen LogP contribution in [0.2, 0.25) is 5.02 Å². The molecule has 1 aliphatic heterocycles. The van der Waals surface area contributed by atoms with Crippen LogP contribution in [-0.2, 0) is 30.8 Å². The van der Waals surface area contributed by atoms with Crippen molar-refractivity contribution in [2.24, 2.45) is 5.41 Å². The number of carboxylic acid groups (broad SMARTS) is 1. The van der Waals surface area contributed by atoms with Gasteiger partial charge in [0.05, 0.1) is 11.3 Å². The van der Waals surface area contributed by atoms with Gasteiger partial charge in [0.2, 0.25) is 15.8 Å². The smallest absolute Gasteiger partial charge is 0.372 e. The molecular formula is C22H21BrClNO6S. The summed E-state index contributed by atoms with van der Waals surface area (Å²) in [6.07, 6.45) is -0.0985. The Kier molecular flexibility index (Phi) is 7.54. The highest BCUT2D eigenvalue weighted by atomic mass is 79.9. The summed E-state index contributed by atoms with van der Waals surface area (Å²) < 4.78 is 28.1. The molecule has 1 aliphatic rings. The first-order valence-electron chi connectivity index (χ1n) is 9.83. The quantitative estimate of drug-likeness (QED) is 0.402. The van der Waals surface area contributed by atoms with E-state index < -0.39 is 39.4 Å². The minimum atomic E-state index is -3.75. The lowest BCUT2D eigenvalue weighted by molar-refractivity contribution is -0.151. The highest BCUT2D eigenvalue weighted by Gasteiger charge is 2.44. The summed E-state index contributed by atoms with van der Waals surface area (Å²) in [5.41, 5.74) is -0.236. The molecule has 2 aromatic carbocycles. The SMILES string of the molecule is O=C(O)C(=O)CC(=O)C1(Cc2ccc(Cl)cc2)CCN(S(=O)(=O)c2ccc(Br)cc2)CC1. The average Bonchev–Trinajstić information content (AvgIpc) is 2.76. The van der Waals surface area contributed by atoms with E-state index in [-0.39, 0.29) is 37.2 Å². The number of carboxylic acids is 1. The Morgan fingerprint density at radius 1 is 1.00 bits per heavy atom. The number of Topliss-reactive ketones (excluding diaryl/α,β-unsaturated/α-hetero) is 2. The number of hydrogen-bond acceptors (Lipinski definition) is 5. The molecular weight excluding hydrogens is 522 g/mol. The highest BCUT2D eigenvalue weighted by Crippen LogP contribution is 2.39. The summed E-state index contributed by atoms with van der Waals surface area (Å²) in [6, 6.07) is 13.2. The number of ketones is 2. The maximum absolute atomic E-state index is 13.1. The molecule has 1 fully saturated rings. The summed E-state index contributed by atoms with van der Waals surface area (Å²) in [6.45, 7) is 0.165. The van der Waals surface area contributed by atoms with E-state index in [4.69, 9.17) is 16.7 Å². The van der Waals surface area contributed by atoms with E-state index in [0.29, 0.717) is 5.02 Å². The standard InChI is InChI=1S/C22H21BrClNO6S/c23-16-3-7-18(8-4-16)32(30,31)25-11-9-22(10-12-25,20(27)13-19(26)21(28)29)14-15-1-5-17(24)6-2-15/h1-8H,9-14H2,(H,28,29). The van der Waals surface area contributed by atoms with Crippen LogP contribution in [0.25, 0.3) is 0 Å². The fourth-order valence-electron chi connectivity index (χ4n) is 3.87. The summed E-state index contributed by atoms with van der Waals surface area (Å²) in [5, 5.41) is 9.45. The van der Waals surface area contributed by atoms with Crippen molar-refractivity contribution in [3.63, 3.8) is 0 Å². The third-order valence-electron chi connectivity index (χ3n) is 5.74. The van der Waals surface area contributed by atoms with E-state index in [1.165, 1.54) is 16.4 Å². The van der Waals surface area contributed by atoms with Gasteiger partial charge in [-0.05, 0) is 61.2 Å². The first-order valence-corrected chi connectivity index (χ1v) is 12.4. The summed E-state index contributed by atoms with van der Waals surface area (Å²) >= 11 is 9.22. The predicted octanol–water partition coefficient (Wildman–Crippen LogP) is 3.73. The molecule has 170 valence electrons. The van der Waals surface area contributed by atoms with Crippen molar-refractivity contribution in [3.05, 3.63) is 63.6 Å². The van der Waals surface area contributed by atoms with Crippen molar-refractivity contribution in [1.82, 2.24) is 4.31 Å². The minimum Gasteiger partial charge on any atom is -0.475 e. The highest BCUT2D eigenvalue weighted by molar-refractivity contribution is 9.10. The van der Waals surface area contributed by atoms with Crippen molar-refractivity contribution in [1.29, 1.82) is 0 Å². The number of sulfonamides is 1. The lowest BCUT2D eigenvalue weighted by Crippen LogP contribution is -2.48. The predicted molar refractivity (Wildman–Crippen MR) is 122 cm³/mol. The molecule has 1 N–H and O–H groups in total.